The van der Waals surface area contributed by atoms with Crippen molar-refractivity contribution < 1.29 is 37.0 Å². The first-order valence-corrected chi connectivity index (χ1v) is 31.4. The lowest BCUT2D eigenvalue weighted by Gasteiger charge is -2.30. The van der Waals surface area contributed by atoms with E-state index in [-0.39, 0.29) is 28.7 Å². The summed E-state index contributed by atoms with van der Waals surface area (Å²) < 4.78 is 56.5. The molecule has 0 unspecified atom stereocenters. The zero-order valence-electron chi connectivity index (χ0n) is 55.9. The summed E-state index contributed by atoms with van der Waals surface area (Å²) in [6, 6.07) is 24.8. The molecule has 1 amide bonds. The lowest BCUT2D eigenvalue weighted by molar-refractivity contribution is -0.150. The van der Waals surface area contributed by atoms with Crippen LogP contribution in [0.1, 0.15) is 102 Å². The largest absolute Gasteiger partial charge is 0.493 e. The number of H-pyrrole nitrogens is 2. The van der Waals surface area contributed by atoms with E-state index in [1.807, 2.05) is 91.8 Å². The summed E-state index contributed by atoms with van der Waals surface area (Å²) >= 11 is 10.3. The number of benzene rings is 5. The van der Waals surface area contributed by atoms with Crippen molar-refractivity contribution in [3.05, 3.63) is 180 Å². The molecule has 9 aromatic rings. The average Bonchev–Trinajstić information content (AvgIpc) is 1.58. The van der Waals surface area contributed by atoms with Gasteiger partial charge in [-0.25, -0.2) is 24.5 Å². The number of alkyl halides is 3. The number of ether oxygens (including phenoxy) is 3. The van der Waals surface area contributed by atoms with E-state index in [1.165, 1.54) is 18.1 Å². The molecule has 5 heterocycles. The van der Waals surface area contributed by atoms with E-state index in [4.69, 9.17) is 61.8 Å². The fourth-order valence-electron chi connectivity index (χ4n) is 10.8. The highest BCUT2D eigenvalue weighted by molar-refractivity contribution is 7.81. The molecule has 4 N–H and O–H groups in total. The number of hydrogen-bond acceptors (Lipinski definition) is 15. The number of anilines is 3. The molecule has 1 aliphatic heterocycles. The van der Waals surface area contributed by atoms with Crippen LogP contribution in [0, 0.1) is 39.0 Å². The third kappa shape index (κ3) is 16.3. The van der Waals surface area contributed by atoms with Crippen LogP contribution >= 0.6 is 24.4 Å². The number of aromatic nitrogens is 8. The summed E-state index contributed by atoms with van der Waals surface area (Å²) in [5.41, 5.74) is 12.1. The molecule has 0 aliphatic carbocycles. The first-order chi connectivity index (χ1) is 46.0. The highest BCUT2D eigenvalue weighted by Gasteiger charge is 2.50. The number of nitrogens with two attached hydrogens (primary N) is 1. The maximum absolute atomic E-state index is 13.7. The van der Waals surface area contributed by atoms with Crippen LogP contribution in [0.3, 0.4) is 0 Å². The van der Waals surface area contributed by atoms with Crippen LogP contribution in [-0.4, -0.2) is 87.5 Å². The standard InChI is InChI=1S/C30H31N7O3S.C23H30N4O4.C9H6N2S.C8H5F3N2/c1-8-10-22-24-25(35(7)34-22)27(38)33-26(32-24)20-16-19(12-14-23(20)40-9-2)37-29(41)36(28(39)30(37,4)5)18-11-13-21(31-6)17(3)15-18;1-7-9-16-18-19(27(5)26-16)21(28)25-20(24-18)15-12-14(10-11-17(15)31-8-2)13-23(3,4)22(29)30-6;1-7-5-8(11-6-12)3-4-9(7)10-2;1-13-7-3-2-5(12)4-6(7)8(9,10)11/h11-16H,8-10H2,1-5,7H3,(H,32,33,38);10-12H,7-9,13H2,1-6H3,(H,24,25,28);3-5H,1H3;2-4H,12H2. The van der Waals surface area contributed by atoms with Crippen molar-refractivity contribution in [1.82, 2.24) is 39.5 Å². The Hall–Kier alpha value is -10.9. The topological polar surface area (TPSA) is 247 Å². The minimum Gasteiger partial charge on any atom is -0.493 e. The lowest BCUT2D eigenvalue weighted by atomic mass is 9.85. The number of fused-ring (bicyclic) bond motifs is 2. The van der Waals surface area contributed by atoms with Gasteiger partial charge in [0.2, 0.25) is 0 Å². The number of amides is 1. The van der Waals surface area contributed by atoms with Crippen LogP contribution < -0.4 is 36.1 Å². The van der Waals surface area contributed by atoms with Gasteiger partial charge in [-0.2, -0.15) is 28.4 Å². The molecule has 0 radical (unpaired) electrons. The van der Waals surface area contributed by atoms with E-state index in [2.05, 4.69) is 70.9 Å². The predicted octanol–water partition coefficient (Wildman–Crippen LogP) is 15.0. The molecular weight excluding hydrogens is 1280 g/mol. The highest BCUT2D eigenvalue weighted by Crippen LogP contribution is 2.42. The molecule has 22 nitrogen and oxygen atoms in total. The SMILES string of the molecule is CCCc1nn(C)c2c(=O)[nH]c(-c3cc(CC(C)(C)C(=O)OC)ccc3OCC)nc12.[C-]#[N+]c1ccc(N)cc1C(F)(F)F.[C-]#[N+]c1ccc(N2C(=O)C(C)(C)N(c3ccc(OCC)c(-c4nc5c(CCC)nn(C)c5c(=O)[nH]4)c3)C2=S)cc1C.[C-]#[N+]c1ccc(N=C=S)cc1C. The number of halogens is 3. The van der Waals surface area contributed by atoms with Gasteiger partial charge < -0.3 is 34.8 Å². The quantitative estimate of drug-likeness (QED) is 0.0268. The number of carbonyl (C=O) groups is 2. The van der Waals surface area contributed by atoms with Crippen molar-refractivity contribution in [2.75, 3.05) is 35.9 Å². The second-order valence-electron chi connectivity index (χ2n) is 23.4. The molecule has 1 aliphatic rings. The molecule has 1 saturated heterocycles. The van der Waals surface area contributed by atoms with Gasteiger partial charge in [-0.1, -0.05) is 51.0 Å². The summed E-state index contributed by atoms with van der Waals surface area (Å²) in [7, 11) is 4.87. The molecule has 0 spiro atoms. The maximum atomic E-state index is 13.7. The van der Waals surface area contributed by atoms with E-state index < -0.39 is 28.4 Å². The third-order valence-electron chi connectivity index (χ3n) is 15.4. The Balaban J connectivity index is 0.000000206. The number of esters is 1. The van der Waals surface area contributed by atoms with Crippen molar-refractivity contribution in [1.29, 1.82) is 0 Å². The fourth-order valence-corrected chi connectivity index (χ4v) is 11.4. The van der Waals surface area contributed by atoms with E-state index in [1.54, 1.807) is 64.8 Å². The molecule has 1 fully saturated rings. The molecule has 10 rings (SSSR count). The number of nitrogens with zero attached hydrogens (tertiary/aromatic N) is 12. The predicted molar refractivity (Wildman–Crippen MR) is 377 cm³/mol. The Kier molecular flexibility index (Phi) is 23.6. The van der Waals surface area contributed by atoms with Crippen molar-refractivity contribution in [3.8, 4) is 34.3 Å². The van der Waals surface area contributed by atoms with Gasteiger partial charge in [0.25, 0.3) is 17.0 Å². The summed E-state index contributed by atoms with van der Waals surface area (Å²) in [6.07, 6.45) is -0.857. The number of thiocarbonyl (C=S) groups is 2. The minimum atomic E-state index is -4.52. The normalized spacial score (nSPS) is 12.4. The van der Waals surface area contributed by atoms with Gasteiger partial charge in [0.1, 0.15) is 39.7 Å². The number of nitrogens with one attached hydrogen (secondary N) is 2. The monoisotopic (exact) mass is 1360 g/mol. The van der Waals surface area contributed by atoms with Crippen molar-refractivity contribution in [2.45, 2.75) is 113 Å². The average molecular weight is 1360 g/mol. The van der Waals surface area contributed by atoms with Crippen molar-refractivity contribution in [2.24, 2.45) is 24.5 Å². The molecule has 0 saturated carbocycles. The summed E-state index contributed by atoms with van der Waals surface area (Å²) in [5, 5.41) is 11.6. The smallest absolute Gasteiger partial charge is 0.407 e. The number of rotatable bonds is 16. The van der Waals surface area contributed by atoms with E-state index in [9.17, 15) is 32.3 Å². The molecular formula is C70H72F3N15O7S2. The molecule has 0 atom stereocenters. The molecule has 27 heteroatoms. The van der Waals surface area contributed by atoms with Gasteiger partial charge in [-0.3, -0.25) is 33.4 Å². The Bertz CT molecular complexity index is 4810. The van der Waals surface area contributed by atoms with Gasteiger partial charge >= 0.3 is 12.1 Å². The van der Waals surface area contributed by atoms with Crippen LogP contribution in [0.2, 0.25) is 0 Å². The van der Waals surface area contributed by atoms with Gasteiger partial charge in [0.05, 0.1) is 84.4 Å². The molecule has 5 aromatic carbocycles. The van der Waals surface area contributed by atoms with E-state index in [0.29, 0.717) is 110 Å². The van der Waals surface area contributed by atoms with Gasteiger partial charge in [-0.05, 0) is 183 Å². The minimum absolute atomic E-state index is 0.000255. The van der Waals surface area contributed by atoms with Crippen LogP contribution in [-0.2, 0) is 53.9 Å². The Labute approximate surface area is 569 Å². The van der Waals surface area contributed by atoms with E-state index >= 15 is 0 Å². The first kappa shape index (κ1) is 73.5. The summed E-state index contributed by atoms with van der Waals surface area (Å²) in [6.45, 7) is 40.5. The highest BCUT2D eigenvalue weighted by atomic mass is 32.1. The number of carbonyl (C=O) groups excluding carboxylic acids is 2. The van der Waals surface area contributed by atoms with E-state index in [0.717, 1.165) is 65.2 Å². The van der Waals surface area contributed by atoms with Crippen molar-refractivity contribution >= 4 is 108 Å². The number of hydrogen-bond donors (Lipinski definition) is 3. The molecule has 502 valence electrons. The number of isothiocyanates is 1. The van der Waals surface area contributed by atoms with Crippen LogP contribution in [0.15, 0.2) is 106 Å². The number of methoxy groups -OCH3 is 1. The van der Waals surface area contributed by atoms with Crippen molar-refractivity contribution in [3.63, 3.8) is 0 Å². The lowest BCUT2D eigenvalue weighted by Crippen LogP contribution is -2.44. The third-order valence-corrected chi connectivity index (χ3v) is 15.9. The van der Waals surface area contributed by atoms with Gasteiger partial charge in [0.15, 0.2) is 33.2 Å². The number of aryl methyl sites for hydroxylation is 6. The molecule has 4 aromatic heterocycles. The van der Waals surface area contributed by atoms with Gasteiger partial charge in [0, 0.05) is 31.2 Å². The Morgan fingerprint density at radius 1 is 0.711 bits per heavy atom. The second-order valence-corrected chi connectivity index (χ2v) is 23.9. The van der Waals surface area contributed by atoms with Gasteiger partial charge in [-0.15, -0.1) is 0 Å². The van der Waals surface area contributed by atoms with Crippen LogP contribution in [0.4, 0.5) is 53.0 Å². The van der Waals surface area contributed by atoms with Crippen LogP contribution in [0.5, 0.6) is 11.5 Å². The fraction of sp³-hybridized carbons (Fsp3) is 0.329. The first-order valence-electron chi connectivity index (χ1n) is 30.6. The zero-order valence-corrected chi connectivity index (χ0v) is 57.5. The Morgan fingerprint density at radius 2 is 1.21 bits per heavy atom. The van der Waals surface area contributed by atoms with Crippen LogP contribution in [0.25, 0.3) is 59.4 Å². The number of nitrogen functional groups attached to an aromatic ring is 1. The number of aromatic amines is 2. The molecule has 0 bridgehead atoms. The second kappa shape index (κ2) is 31.1. The summed E-state index contributed by atoms with van der Waals surface area (Å²) in [5.74, 6) is 1.44. The molecule has 97 heavy (non-hydrogen) atoms. The Morgan fingerprint density at radius 3 is 1.68 bits per heavy atom. The number of aliphatic imine (C=N–C) groups is 1. The summed E-state index contributed by atoms with van der Waals surface area (Å²) in [4.78, 5) is 84.1. The zero-order chi connectivity index (χ0) is 71.4. The maximum Gasteiger partial charge on any atom is 0.407 e.